The molecule has 4 heteroatoms. The van der Waals surface area contributed by atoms with Crippen molar-refractivity contribution in [3.05, 3.63) is 22.9 Å². The number of nitrogens with zero attached hydrogens (tertiary/aromatic N) is 3. The molecule has 3 heterocycles. The second kappa shape index (κ2) is 6.23. The molecular formula is C15H22BrN3. The largest absolute Gasteiger partial charge is 0.371 e. The fourth-order valence-corrected chi connectivity index (χ4v) is 3.81. The van der Waals surface area contributed by atoms with Gasteiger partial charge in [0, 0.05) is 32.0 Å². The van der Waals surface area contributed by atoms with Gasteiger partial charge in [0.25, 0.3) is 0 Å². The third kappa shape index (κ3) is 3.29. The van der Waals surface area contributed by atoms with E-state index in [0.29, 0.717) is 0 Å². The Bertz CT molecular complexity index is 410. The summed E-state index contributed by atoms with van der Waals surface area (Å²) in [6.45, 7) is 6.35. The zero-order valence-electron chi connectivity index (χ0n) is 11.4. The van der Waals surface area contributed by atoms with Crippen LogP contribution in [0.5, 0.6) is 0 Å². The minimum atomic E-state index is 0.898. The monoisotopic (exact) mass is 323 g/mol. The second-order valence-corrected chi connectivity index (χ2v) is 6.62. The number of piperidine rings is 1. The molecule has 2 aliphatic heterocycles. The molecule has 0 unspecified atom stereocenters. The molecule has 3 rings (SSSR count). The quantitative estimate of drug-likeness (QED) is 0.851. The summed E-state index contributed by atoms with van der Waals surface area (Å²) in [5.41, 5.74) is 1.30. The molecule has 104 valence electrons. The fraction of sp³-hybridized carbons (Fsp3) is 0.667. The fourth-order valence-electron chi connectivity index (χ4n) is 3.31. The SMILES string of the molecule is Brc1cnccc1N1CCC(CN2CCCC2)CC1. The smallest absolute Gasteiger partial charge is 0.0592 e. The molecule has 3 nitrogen and oxygen atoms in total. The molecule has 0 saturated carbocycles. The van der Waals surface area contributed by atoms with E-state index in [0.717, 1.165) is 10.4 Å². The summed E-state index contributed by atoms with van der Waals surface area (Å²) in [5.74, 6) is 0.898. The molecule has 19 heavy (non-hydrogen) atoms. The minimum Gasteiger partial charge on any atom is -0.371 e. The van der Waals surface area contributed by atoms with Crippen molar-refractivity contribution in [3.63, 3.8) is 0 Å². The average molecular weight is 324 g/mol. The van der Waals surface area contributed by atoms with Crippen LogP contribution in [0.4, 0.5) is 5.69 Å². The Balaban J connectivity index is 1.53. The van der Waals surface area contributed by atoms with Crippen molar-refractivity contribution in [1.29, 1.82) is 0 Å². The van der Waals surface area contributed by atoms with Crippen LogP contribution >= 0.6 is 15.9 Å². The molecule has 0 aromatic carbocycles. The van der Waals surface area contributed by atoms with Gasteiger partial charge in [-0.3, -0.25) is 4.98 Å². The highest BCUT2D eigenvalue weighted by molar-refractivity contribution is 9.10. The van der Waals surface area contributed by atoms with Crippen LogP contribution < -0.4 is 4.90 Å². The predicted molar refractivity (Wildman–Crippen MR) is 82.5 cm³/mol. The van der Waals surface area contributed by atoms with Gasteiger partial charge >= 0.3 is 0 Å². The van der Waals surface area contributed by atoms with Crippen LogP contribution in [-0.4, -0.2) is 42.6 Å². The topological polar surface area (TPSA) is 19.4 Å². The second-order valence-electron chi connectivity index (χ2n) is 5.77. The lowest BCUT2D eigenvalue weighted by molar-refractivity contribution is 0.249. The Hall–Kier alpha value is -0.610. The summed E-state index contributed by atoms with van der Waals surface area (Å²) >= 11 is 3.61. The van der Waals surface area contributed by atoms with E-state index in [2.05, 4.69) is 36.8 Å². The first kappa shape index (κ1) is 13.4. The van der Waals surface area contributed by atoms with Gasteiger partial charge in [0.1, 0.15) is 0 Å². The average Bonchev–Trinajstić information content (AvgIpc) is 2.93. The van der Waals surface area contributed by atoms with E-state index < -0.39 is 0 Å². The minimum absolute atomic E-state index is 0.898. The van der Waals surface area contributed by atoms with Crippen molar-refractivity contribution in [2.75, 3.05) is 37.6 Å². The first-order valence-electron chi connectivity index (χ1n) is 7.40. The normalized spacial score (nSPS) is 22.1. The number of hydrogen-bond acceptors (Lipinski definition) is 3. The van der Waals surface area contributed by atoms with Gasteiger partial charge in [0.05, 0.1) is 10.2 Å². The van der Waals surface area contributed by atoms with E-state index in [-0.39, 0.29) is 0 Å². The van der Waals surface area contributed by atoms with Crippen molar-refractivity contribution < 1.29 is 0 Å². The number of rotatable bonds is 3. The van der Waals surface area contributed by atoms with Gasteiger partial charge in [-0.15, -0.1) is 0 Å². The number of pyridine rings is 1. The van der Waals surface area contributed by atoms with E-state index in [1.165, 1.54) is 64.1 Å². The lowest BCUT2D eigenvalue weighted by Crippen LogP contribution is -2.38. The first-order valence-corrected chi connectivity index (χ1v) is 8.19. The molecule has 0 aliphatic carbocycles. The van der Waals surface area contributed by atoms with Gasteiger partial charge in [-0.2, -0.15) is 0 Å². The molecule has 1 aromatic heterocycles. The van der Waals surface area contributed by atoms with Crippen LogP contribution in [0.3, 0.4) is 0 Å². The van der Waals surface area contributed by atoms with Crippen molar-refractivity contribution in [2.24, 2.45) is 5.92 Å². The predicted octanol–water partition coefficient (Wildman–Crippen LogP) is 3.16. The van der Waals surface area contributed by atoms with E-state index >= 15 is 0 Å². The van der Waals surface area contributed by atoms with E-state index in [4.69, 9.17) is 0 Å². The van der Waals surface area contributed by atoms with Crippen LogP contribution in [-0.2, 0) is 0 Å². The molecule has 0 amide bonds. The standard InChI is InChI=1S/C15H22BrN3/c16-14-11-17-6-3-15(14)19-9-4-13(5-10-19)12-18-7-1-2-8-18/h3,6,11,13H,1-2,4-5,7-10,12H2. The van der Waals surface area contributed by atoms with Crippen LogP contribution in [0.1, 0.15) is 25.7 Å². The molecule has 0 spiro atoms. The Morgan fingerprint density at radius 1 is 1.16 bits per heavy atom. The van der Waals surface area contributed by atoms with Crippen LogP contribution in [0, 0.1) is 5.92 Å². The van der Waals surface area contributed by atoms with Crippen molar-refractivity contribution in [1.82, 2.24) is 9.88 Å². The number of aromatic nitrogens is 1. The summed E-state index contributed by atoms with van der Waals surface area (Å²) in [6.07, 6.45) is 9.24. The molecule has 2 fully saturated rings. The Morgan fingerprint density at radius 3 is 2.58 bits per heavy atom. The maximum Gasteiger partial charge on any atom is 0.0592 e. The Labute approximate surface area is 124 Å². The number of anilines is 1. The van der Waals surface area contributed by atoms with E-state index in [1.54, 1.807) is 0 Å². The Kier molecular flexibility index (Phi) is 4.38. The van der Waals surface area contributed by atoms with E-state index in [1.807, 2.05) is 12.4 Å². The molecule has 2 saturated heterocycles. The Morgan fingerprint density at radius 2 is 1.89 bits per heavy atom. The third-order valence-electron chi connectivity index (χ3n) is 4.42. The number of halogens is 1. The lowest BCUT2D eigenvalue weighted by Gasteiger charge is -2.35. The lowest BCUT2D eigenvalue weighted by atomic mass is 9.96. The van der Waals surface area contributed by atoms with Crippen molar-refractivity contribution in [3.8, 4) is 0 Å². The van der Waals surface area contributed by atoms with Gasteiger partial charge < -0.3 is 9.80 Å². The van der Waals surface area contributed by atoms with Gasteiger partial charge in [-0.1, -0.05) is 0 Å². The summed E-state index contributed by atoms with van der Waals surface area (Å²) in [4.78, 5) is 9.29. The summed E-state index contributed by atoms with van der Waals surface area (Å²) < 4.78 is 1.12. The van der Waals surface area contributed by atoms with Gasteiger partial charge in [0.15, 0.2) is 0 Å². The van der Waals surface area contributed by atoms with Gasteiger partial charge in [0.2, 0.25) is 0 Å². The summed E-state index contributed by atoms with van der Waals surface area (Å²) in [5, 5.41) is 0. The van der Waals surface area contributed by atoms with Crippen LogP contribution in [0.15, 0.2) is 22.9 Å². The molecule has 0 radical (unpaired) electrons. The zero-order chi connectivity index (χ0) is 13.1. The number of hydrogen-bond donors (Lipinski definition) is 0. The molecule has 1 aromatic rings. The highest BCUT2D eigenvalue weighted by Gasteiger charge is 2.23. The van der Waals surface area contributed by atoms with Crippen molar-refractivity contribution >= 4 is 21.6 Å². The molecule has 0 atom stereocenters. The van der Waals surface area contributed by atoms with Crippen LogP contribution in [0.2, 0.25) is 0 Å². The molecule has 0 N–H and O–H groups in total. The first-order chi connectivity index (χ1) is 9.33. The summed E-state index contributed by atoms with van der Waals surface area (Å²) in [6, 6.07) is 2.12. The van der Waals surface area contributed by atoms with Crippen molar-refractivity contribution in [2.45, 2.75) is 25.7 Å². The molecule has 2 aliphatic rings. The maximum atomic E-state index is 4.14. The van der Waals surface area contributed by atoms with Gasteiger partial charge in [-0.25, -0.2) is 0 Å². The van der Waals surface area contributed by atoms with Gasteiger partial charge in [-0.05, 0) is 66.7 Å². The van der Waals surface area contributed by atoms with Crippen LogP contribution in [0.25, 0.3) is 0 Å². The van der Waals surface area contributed by atoms with E-state index in [9.17, 15) is 0 Å². The molecule has 0 bridgehead atoms. The molecular weight excluding hydrogens is 302 g/mol. The highest BCUT2D eigenvalue weighted by Crippen LogP contribution is 2.29. The highest BCUT2D eigenvalue weighted by atomic mass is 79.9. The maximum absolute atomic E-state index is 4.14. The number of likely N-dealkylation sites (tertiary alicyclic amines) is 1. The third-order valence-corrected chi connectivity index (χ3v) is 5.03. The summed E-state index contributed by atoms with van der Waals surface area (Å²) in [7, 11) is 0. The zero-order valence-corrected chi connectivity index (χ0v) is 13.0.